The van der Waals surface area contributed by atoms with E-state index in [1.54, 1.807) is 6.08 Å². The van der Waals surface area contributed by atoms with Crippen LogP contribution >= 0.6 is 11.8 Å². The van der Waals surface area contributed by atoms with Crippen molar-refractivity contribution in [1.82, 2.24) is 14.8 Å². The molecule has 6 nitrogen and oxygen atoms in total. The Kier molecular flexibility index (Phi) is 8.11. The molecule has 0 aliphatic rings. The van der Waals surface area contributed by atoms with Gasteiger partial charge in [-0.05, 0) is 60.7 Å². The summed E-state index contributed by atoms with van der Waals surface area (Å²) in [4.78, 5) is 12.4. The predicted molar refractivity (Wildman–Crippen MR) is 130 cm³/mol. The van der Waals surface area contributed by atoms with Gasteiger partial charge in [-0.2, -0.15) is 0 Å². The van der Waals surface area contributed by atoms with Crippen LogP contribution in [0, 0.1) is 13.8 Å². The number of thioether (sulfide) groups is 1. The van der Waals surface area contributed by atoms with Crippen molar-refractivity contribution in [2.75, 3.05) is 11.1 Å². The third kappa shape index (κ3) is 6.23. The van der Waals surface area contributed by atoms with Crippen LogP contribution in [0.2, 0.25) is 0 Å². The number of hydrogen-bond acceptors (Lipinski definition) is 5. The molecule has 3 rings (SSSR count). The van der Waals surface area contributed by atoms with Crippen molar-refractivity contribution in [1.29, 1.82) is 0 Å². The van der Waals surface area contributed by atoms with Gasteiger partial charge in [0.05, 0.1) is 5.75 Å². The van der Waals surface area contributed by atoms with Crippen molar-refractivity contribution in [2.45, 2.75) is 51.9 Å². The fourth-order valence-electron chi connectivity index (χ4n) is 3.08. The Hall–Kier alpha value is -3.06. The lowest BCUT2D eigenvalue weighted by atomic mass is 10.0. The van der Waals surface area contributed by atoms with E-state index in [9.17, 15) is 4.79 Å². The zero-order chi connectivity index (χ0) is 23.1. The first-order chi connectivity index (χ1) is 15.4. The molecule has 3 aromatic rings. The van der Waals surface area contributed by atoms with Crippen LogP contribution in [0.25, 0.3) is 0 Å². The number of carbonyl (C=O) groups excluding carboxylic acids is 1. The van der Waals surface area contributed by atoms with Crippen LogP contribution in [-0.4, -0.2) is 26.4 Å². The number of nitrogens with zero attached hydrogens (tertiary/aromatic N) is 3. The van der Waals surface area contributed by atoms with Crippen LogP contribution in [0.1, 0.15) is 42.3 Å². The molecule has 0 fully saturated rings. The molecule has 0 atom stereocenters. The summed E-state index contributed by atoms with van der Waals surface area (Å²) in [7, 11) is 0. The van der Waals surface area contributed by atoms with Crippen LogP contribution in [-0.2, 0) is 17.9 Å². The summed E-state index contributed by atoms with van der Waals surface area (Å²) in [5, 5.41) is 12.1. The highest BCUT2D eigenvalue weighted by Gasteiger charge is 2.14. The average molecular weight is 451 g/mol. The van der Waals surface area contributed by atoms with E-state index in [-0.39, 0.29) is 18.3 Å². The van der Waals surface area contributed by atoms with Gasteiger partial charge in [-0.1, -0.05) is 49.9 Å². The summed E-state index contributed by atoms with van der Waals surface area (Å²) in [6.45, 7) is 13.1. The van der Waals surface area contributed by atoms with Gasteiger partial charge in [0, 0.05) is 12.2 Å². The molecule has 1 heterocycles. The molecular formula is C25H30N4O2S. The number of rotatable bonds is 10. The molecule has 2 aromatic carbocycles. The maximum absolute atomic E-state index is 12.4. The second kappa shape index (κ2) is 11.0. The second-order valence-corrected chi connectivity index (χ2v) is 8.89. The minimum Gasteiger partial charge on any atom is -0.486 e. The number of allylic oxidation sites excluding steroid dienone is 1. The Morgan fingerprint density at radius 3 is 2.56 bits per heavy atom. The first-order valence-electron chi connectivity index (χ1n) is 10.6. The van der Waals surface area contributed by atoms with Crippen molar-refractivity contribution >= 4 is 23.4 Å². The van der Waals surface area contributed by atoms with Gasteiger partial charge >= 0.3 is 0 Å². The molecule has 0 aliphatic heterocycles. The van der Waals surface area contributed by atoms with Gasteiger partial charge in [0.1, 0.15) is 12.4 Å². The van der Waals surface area contributed by atoms with Gasteiger partial charge in [-0.15, -0.1) is 16.8 Å². The molecule has 1 N–H and O–H groups in total. The minimum atomic E-state index is -0.0895. The molecule has 168 valence electrons. The van der Waals surface area contributed by atoms with Gasteiger partial charge in [-0.3, -0.25) is 9.36 Å². The Balaban J connectivity index is 1.59. The largest absolute Gasteiger partial charge is 0.486 e. The molecule has 0 radical (unpaired) electrons. The molecule has 0 saturated carbocycles. The van der Waals surface area contributed by atoms with Crippen molar-refractivity contribution in [2.24, 2.45) is 0 Å². The van der Waals surface area contributed by atoms with E-state index in [0.29, 0.717) is 23.4 Å². The van der Waals surface area contributed by atoms with Gasteiger partial charge in [0.2, 0.25) is 5.91 Å². The van der Waals surface area contributed by atoms with E-state index >= 15 is 0 Å². The van der Waals surface area contributed by atoms with Gasteiger partial charge in [0.25, 0.3) is 0 Å². The van der Waals surface area contributed by atoms with Crippen LogP contribution in [0.4, 0.5) is 5.69 Å². The fourth-order valence-corrected chi connectivity index (χ4v) is 3.84. The summed E-state index contributed by atoms with van der Waals surface area (Å²) in [5.41, 5.74) is 4.43. The number of benzene rings is 2. The summed E-state index contributed by atoms with van der Waals surface area (Å²) < 4.78 is 7.83. The van der Waals surface area contributed by atoms with Crippen LogP contribution in [0.5, 0.6) is 5.75 Å². The maximum atomic E-state index is 12.4. The summed E-state index contributed by atoms with van der Waals surface area (Å²) in [5.74, 6) is 2.08. The monoisotopic (exact) mass is 450 g/mol. The number of amides is 1. The lowest BCUT2D eigenvalue weighted by Crippen LogP contribution is -2.15. The Morgan fingerprint density at radius 1 is 1.16 bits per heavy atom. The van der Waals surface area contributed by atoms with Crippen LogP contribution in [0.3, 0.4) is 0 Å². The standard InChI is InChI=1S/C25H30N4O2S/c1-6-13-29-23(15-31-22-12-7-18(4)19(5)14-22)27-28-25(29)32-16-24(30)26-21-10-8-20(9-11-21)17(2)3/h6-12,14,17H,1,13,15-16H2,2-5H3,(H,26,30). The fraction of sp³-hybridized carbons (Fsp3) is 0.320. The van der Waals surface area contributed by atoms with E-state index < -0.39 is 0 Å². The van der Waals surface area contributed by atoms with E-state index in [2.05, 4.69) is 49.8 Å². The average Bonchev–Trinajstić information content (AvgIpc) is 3.15. The lowest BCUT2D eigenvalue weighted by molar-refractivity contribution is -0.113. The van der Waals surface area contributed by atoms with E-state index in [0.717, 1.165) is 11.4 Å². The van der Waals surface area contributed by atoms with Crippen LogP contribution in [0.15, 0.2) is 60.3 Å². The zero-order valence-electron chi connectivity index (χ0n) is 19.1. The molecule has 0 spiro atoms. The van der Waals surface area contributed by atoms with Crippen LogP contribution < -0.4 is 10.1 Å². The highest BCUT2D eigenvalue weighted by molar-refractivity contribution is 7.99. The zero-order valence-corrected chi connectivity index (χ0v) is 19.9. The highest BCUT2D eigenvalue weighted by Crippen LogP contribution is 2.21. The van der Waals surface area contributed by atoms with E-state index in [1.807, 2.05) is 47.0 Å². The number of anilines is 1. The van der Waals surface area contributed by atoms with Gasteiger partial charge in [0.15, 0.2) is 11.0 Å². The quantitative estimate of drug-likeness (QED) is 0.326. The number of ether oxygens (including phenoxy) is 1. The normalized spacial score (nSPS) is 10.9. The van der Waals surface area contributed by atoms with E-state index in [1.165, 1.54) is 28.5 Å². The molecule has 0 aliphatic carbocycles. The third-order valence-electron chi connectivity index (χ3n) is 5.14. The summed E-state index contributed by atoms with van der Waals surface area (Å²) >= 11 is 1.34. The molecule has 0 saturated heterocycles. The molecule has 32 heavy (non-hydrogen) atoms. The Morgan fingerprint density at radius 2 is 1.91 bits per heavy atom. The summed E-state index contributed by atoms with van der Waals surface area (Å²) in [6.07, 6.45) is 1.78. The Labute approximate surface area is 194 Å². The third-order valence-corrected chi connectivity index (χ3v) is 6.11. The molecule has 0 unspecified atom stereocenters. The first kappa shape index (κ1) is 23.6. The smallest absolute Gasteiger partial charge is 0.234 e. The van der Waals surface area contributed by atoms with Crippen molar-refractivity contribution in [3.05, 3.63) is 77.6 Å². The lowest BCUT2D eigenvalue weighted by Gasteiger charge is -2.10. The van der Waals surface area contributed by atoms with Gasteiger partial charge in [-0.25, -0.2) is 0 Å². The predicted octanol–water partition coefficient (Wildman–Crippen LogP) is 5.51. The second-order valence-electron chi connectivity index (χ2n) is 7.95. The molecule has 1 amide bonds. The number of aromatic nitrogens is 3. The number of hydrogen-bond donors (Lipinski definition) is 1. The SMILES string of the molecule is C=CCn1c(COc2ccc(C)c(C)c2)nnc1SCC(=O)Nc1ccc(C(C)C)cc1. The number of carbonyl (C=O) groups is 1. The van der Waals surface area contributed by atoms with E-state index in [4.69, 9.17) is 4.74 Å². The Bertz CT molecular complexity index is 1070. The topological polar surface area (TPSA) is 69.0 Å². The van der Waals surface area contributed by atoms with Crippen molar-refractivity contribution in [3.63, 3.8) is 0 Å². The van der Waals surface area contributed by atoms with Crippen molar-refractivity contribution in [3.8, 4) is 5.75 Å². The maximum Gasteiger partial charge on any atom is 0.234 e. The molecule has 1 aromatic heterocycles. The summed E-state index contributed by atoms with van der Waals surface area (Å²) in [6, 6.07) is 13.9. The number of nitrogens with one attached hydrogen (secondary N) is 1. The first-order valence-corrected chi connectivity index (χ1v) is 11.6. The highest BCUT2D eigenvalue weighted by atomic mass is 32.2. The van der Waals surface area contributed by atoms with Gasteiger partial charge < -0.3 is 10.1 Å². The molecule has 0 bridgehead atoms. The van der Waals surface area contributed by atoms with Crippen molar-refractivity contribution < 1.29 is 9.53 Å². The number of aryl methyl sites for hydroxylation is 2. The molecular weight excluding hydrogens is 420 g/mol. The minimum absolute atomic E-state index is 0.0895. The molecule has 7 heteroatoms.